The molecule has 0 bridgehead atoms. The molecule has 23 heavy (non-hydrogen) atoms. The number of aryl methyl sites for hydroxylation is 2. The fourth-order valence-electron chi connectivity index (χ4n) is 2.01. The maximum Gasteiger partial charge on any atom is 0.338 e. The molecular formula is C17H15Br2NO3. The van der Waals surface area contributed by atoms with Gasteiger partial charge in [0, 0.05) is 8.95 Å². The van der Waals surface area contributed by atoms with Crippen molar-refractivity contribution in [3.05, 3.63) is 62.0 Å². The number of carbonyl (C=O) groups excluding carboxylic acids is 2. The Balaban J connectivity index is 1.99. The van der Waals surface area contributed by atoms with Gasteiger partial charge in [-0.1, -0.05) is 18.2 Å². The summed E-state index contributed by atoms with van der Waals surface area (Å²) in [6.45, 7) is 3.42. The fourth-order valence-corrected chi connectivity index (χ4v) is 3.62. The maximum atomic E-state index is 12.0. The molecule has 0 aromatic heterocycles. The lowest BCUT2D eigenvalue weighted by molar-refractivity contribution is -0.119. The van der Waals surface area contributed by atoms with E-state index in [1.807, 2.05) is 38.1 Å². The highest BCUT2D eigenvalue weighted by molar-refractivity contribution is 9.11. The van der Waals surface area contributed by atoms with Crippen LogP contribution in [0.1, 0.15) is 21.5 Å². The van der Waals surface area contributed by atoms with Gasteiger partial charge in [-0.05, 0) is 75.0 Å². The average molecular weight is 441 g/mol. The molecule has 0 heterocycles. The van der Waals surface area contributed by atoms with Crippen LogP contribution in [0.3, 0.4) is 0 Å². The number of hydrogen-bond donors (Lipinski definition) is 1. The van der Waals surface area contributed by atoms with E-state index < -0.39 is 11.9 Å². The Morgan fingerprint density at radius 2 is 1.70 bits per heavy atom. The SMILES string of the molecule is Cc1cc(Br)c(NC(=O)COC(=O)c2ccccc2C)c(Br)c1. The summed E-state index contributed by atoms with van der Waals surface area (Å²) in [6, 6.07) is 10.9. The highest BCUT2D eigenvalue weighted by atomic mass is 79.9. The van der Waals surface area contributed by atoms with E-state index in [1.54, 1.807) is 12.1 Å². The molecule has 2 rings (SSSR count). The Morgan fingerprint density at radius 1 is 1.09 bits per heavy atom. The molecule has 120 valence electrons. The van der Waals surface area contributed by atoms with E-state index in [0.717, 1.165) is 20.1 Å². The highest BCUT2D eigenvalue weighted by Gasteiger charge is 2.14. The van der Waals surface area contributed by atoms with Crippen molar-refractivity contribution in [1.82, 2.24) is 0 Å². The molecule has 0 unspecified atom stereocenters. The minimum Gasteiger partial charge on any atom is -0.452 e. The molecule has 0 aliphatic rings. The zero-order valence-electron chi connectivity index (χ0n) is 12.7. The topological polar surface area (TPSA) is 55.4 Å². The largest absolute Gasteiger partial charge is 0.452 e. The van der Waals surface area contributed by atoms with Crippen LogP contribution in [0.5, 0.6) is 0 Å². The summed E-state index contributed by atoms with van der Waals surface area (Å²) in [6.07, 6.45) is 0. The lowest BCUT2D eigenvalue weighted by atomic mass is 10.1. The molecule has 1 N–H and O–H groups in total. The van der Waals surface area contributed by atoms with E-state index in [2.05, 4.69) is 37.2 Å². The number of hydrogen-bond acceptors (Lipinski definition) is 3. The Hall–Kier alpha value is -1.66. The zero-order valence-corrected chi connectivity index (χ0v) is 15.8. The molecular weight excluding hydrogens is 426 g/mol. The monoisotopic (exact) mass is 439 g/mol. The van der Waals surface area contributed by atoms with E-state index >= 15 is 0 Å². The summed E-state index contributed by atoms with van der Waals surface area (Å²) in [7, 11) is 0. The van der Waals surface area contributed by atoms with Gasteiger partial charge in [-0.3, -0.25) is 4.79 Å². The van der Waals surface area contributed by atoms with Gasteiger partial charge in [-0.15, -0.1) is 0 Å². The first-order valence-electron chi connectivity index (χ1n) is 6.86. The first-order chi connectivity index (χ1) is 10.9. The van der Waals surface area contributed by atoms with E-state index in [-0.39, 0.29) is 6.61 Å². The third-order valence-electron chi connectivity index (χ3n) is 3.15. The molecule has 0 aliphatic carbocycles. The summed E-state index contributed by atoms with van der Waals surface area (Å²) < 4.78 is 6.57. The third kappa shape index (κ3) is 4.65. The lowest BCUT2D eigenvalue weighted by Gasteiger charge is -2.11. The fraction of sp³-hybridized carbons (Fsp3) is 0.176. The van der Waals surface area contributed by atoms with Gasteiger partial charge in [0.2, 0.25) is 0 Å². The second-order valence-corrected chi connectivity index (χ2v) is 6.75. The van der Waals surface area contributed by atoms with Gasteiger partial charge in [0.15, 0.2) is 6.61 Å². The molecule has 0 saturated carbocycles. The predicted octanol–water partition coefficient (Wildman–Crippen LogP) is 4.62. The molecule has 0 fully saturated rings. The molecule has 1 amide bonds. The van der Waals surface area contributed by atoms with Crippen LogP contribution in [-0.2, 0) is 9.53 Å². The van der Waals surface area contributed by atoms with Crippen LogP contribution in [0.4, 0.5) is 5.69 Å². The molecule has 0 spiro atoms. The second kappa shape index (κ2) is 7.75. The molecule has 4 nitrogen and oxygen atoms in total. The van der Waals surface area contributed by atoms with Crippen molar-refractivity contribution in [1.29, 1.82) is 0 Å². The van der Waals surface area contributed by atoms with Crippen molar-refractivity contribution in [2.45, 2.75) is 13.8 Å². The maximum absolute atomic E-state index is 12.0. The standard InChI is InChI=1S/C17H15Br2NO3/c1-10-7-13(18)16(14(19)8-10)20-15(21)9-23-17(22)12-6-4-3-5-11(12)2/h3-8H,9H2,1-2H3,(H,20,21). The van der Waals surface area contributed by atoms with Crippen molar-refractivity contribution in [2.75, 3.05) is 11.9 Å². The Bertz CT molecular complexity index is 736. The third-order valence-corrected chi connectivity index (χ3v) is 4.40. The molecule has 0 saturated heterocycles. The van der Waals surface area contributed by atoms with E-state index in [1.165, 1.54) is 0 Å². The zero-order chi connectivity index (χ0) is 17.0. The van der Waals surface area contributed by atoms with E-state index in [0.29, 0.717) is 11.3 Å². The number of benzene rings is 2. The van der Waals surface area contributed by atoms with Gasteiger partial charge in [0.25, 0.3) is 5.91 Å². The number of esters is 1. The molecule has 0 radical (unpaired) electrons. The van der Waals surface area contributed by atoms with Crippen molar-refractivity contribution >= 4 is 49.4 Å². The van der Waals surface area contributed by atoms with Crippen molar-refractivity contribution < 1.29 is 14.3 Å². The summed E-state index contributed by atoms with van der Waals surface area (Å²) >= 11 is 6.80. The van der Waals surface area contributed by atoms with Crippen LogP contribution in [0, 0.1) is 13.8 Å². The van der Waals surface area contributed by atoms with Gasteiger partial charge in [-0.2, -0.15) is 0 Å². The number of amides is 1. The summed E-state index contributed by atoms with van der Waals surface area (Å²) in [5.41, 5.74) is 2.92. The predicted molar refractivity (Wildman–Crippen MR) is 96.7 cm³/mol. The Kier molecular flexibility index (Phi) is 5.96. The number of anilines is 1. The first kappa shape index (κ1) is 17.7. The number of carbonyl (C=O) groups is 2. The normalized spacial score (nSPS) is 10.3. The second-order valence-electron chi connectivity index (χ2n) is 5.04. The summed E-state index contributed by atoms with van der Waals surface area (Å²) in [5.74, 6) is -0.919. The molecule has 2 aromatic rings. The minimum atomic E-state index is -0.514. The van der Waals surface area contributed by atoms with Gasteiger partial charge in [0.05, 0.1) is 11.3 Å². The average Bonchev–Trinajstić information content (AvgIpc) is 2.49. The minimum absolute atomic E-state index is 0.347. The first-order valence-corrected chi connectivity index (χ1v) is 8.45. The van der Waals surface area contributed by atoms with E-state index in [4.69, 9.17) is 4.74 Å². The van der Waals surface area contributed by atoms with Crippen LogP contribution in [0.15, 0.2) is 45.3 Å². The van der Waals surface area contributed by atoms with Crippen LogP contribution in [0.2, 0.25) is 0 Å². The Labute approximate surface area is 151 Å². The summed E-state index contributed by atoms with van der Waals surface area (Å²) in [4.78, 5) is 24.0. The lowest BCUT2D eigenvalue weighted by Crippen LogP contribution is -2.21. The number of halogens is 2. The van der Waals surface area contributed by atoms with E-state index in [9.17, 15) is 9.59 Å². The smallest absolute Gasteiger partial charge is 0.338 e. The van der Waals surface area contributed by atoms with Gasteiger partial charge in [-0.25, -0.2) is 4.79 Å². The van der Waals surface area contributed by atoms with Crippen LogP contribution < -0.4 is 5.32 Å². The van der Waals surface area contributed by atoms with Gasteiger partial charge in [0.1, 0.15) is 0 Å². The van der Waals surface area contributed by atoms with Crippen molar-refractivity contribution in [3.8, 4) is 0 Å². The summed E-state index contributed by atoms with van der Waals surface area (Å²) in [5, 5.41) is 2.72. The number of nitrogens with one attached hydrogen (secondary N) is 1. The van der Waals surface area contributed by atoms with Crippen LogP contribution in [0.25, 0.3) is 0 Å². The molecule has 2 aromatic carbocycles. The molecule has 0 atom stereocenters. The van der Waals surface area contributed by atoms with Crippen molar-refractivity contribution in [3.63, 3.8) is 0 Å². The molecule has 0 aliphatic heterocycles. The highest BCUT2D eigenvalue weighted by Crippen LogP contribution is 2.32. The molecule has 6 heteroatoms. The van der Waals surface area contributed by atoms with Crippen LogP contribution in [-0.4, -0.2) is 18.5 Å². The van der Waals surface area contributed by atoms with Gasteiger partial charge >= 0.3 is 5.97 Å². The number of ether oxygens (including phenoxy) is 1. The number of rotatable bonds is 4. The Morgan fingerprint density at radius 3 is 2.30 bits per heavy atom. The quantitative estimate of drug-likeness (QED) is 0.705. The van der Waals surface area contributed by atoms with Gasteiger partial charge < -0.3 is 10.1 Å². The van der Waals surface area contributed by atoms with Crippen LogP contribution >= 0.6 is 31.9 Å². The van der Waals surface area contributed by atoms with Crippen molar-refractivity contribution in [2.24, 2.45) is 0 Å².